The molecule has 138 valence electrons. The molecule has 2 atom stereocenters. The van der Waals surface area contributed by atoms with Crippen LogP contribution in [0.1, 0.15) is 33.7 Å². The van der Waals surface area contributed by atoms with E-state index in [1.165, 1.54) is 12.3 Å². The second-order valence-corrected chi connectivity index (χ2v) is 6.80. The van der Waals surface area contributed by atoms with E-state index in [2.05, 4.69) is 20.2 Å². The summed E-state index contributed by atoms with van der Waals surface area (Å²) < 4.78 is 22.2. The number of hydrogen-bond acceptors (Lipinski definition) is 6. The van der Waals surface area contributed by atoms with Gasteiger partial charge in [-0.15, -0.1) is 10.2 Å². The summed E-state index contributed by atoms with van der Waals surface area (Å²) in [5, 5.41) is 8.60. The summed E-state index contributed by atoms with van der Waals surface area (Å²) in [6.45, 7) is 3.35. The van der Waals surface area contributed by atoms with E-state index >= 15 is 0 Å². The Bertz CT molecular complexity index is 998. The lowest BCUT2D eigenvalue weighted by atomic mass is 10.0. The van der Waals surface area contributed by atoms with Crippen LogP contribution in [0.25, 0.3) is 0 Å². The largest absolute Gasteiger partial charge is 0.377 e. The number of amides is 1. The Hall–Kier alpha value is -2.94. The van der Waals surface area contributed by atoms with E-state index in [-0.39, 0.29) is 23.2 Å². The molecule has 0 unspecified atom stereocenters. The van der Waals surface area contributed by atoms with Crippen molar-refractivity contribution in [2.45, 2.75) is 25.6 Å². The number of aromatic nitrogens is 4. The smallest absolute Gasteiger partial charge is 0.258 e. The summed E-state index contributed by atoms with van der Waals surface area (Å²) in [6.07, 6.45) is 5.34. The molecule has 0 N–H and O–H groups in total. The van der Waals surface area contributed by atoms with Crippen LogP contribution in [-0.2, 0) is 11.3 Å². The van der Waals surface area contributed by atoms with Gasteiger partial charge in [0, 0.05) is 12.7 Å². The number of hydrogen-bond donors (Lipinski definition) is 0. The van der Waals surface area contributed by atoms with E-state index in [9.17, 15) is 9.18 Å². The molecule has 2 aromatic heterocycles. The third-order valence-corrected chi connectivity index (χ3v) is 5.19. The highest BCUT2D eigenvalue weighted by Gasteiger charge is 2.44. The lowest BCUT2D eigenvalue weighted by molar-refractivity contribution is -0.0574. The molecule has 9 heteroatoms. The molecule has 1 saturated heterocycles. The Balaban J connectivity index is 1.56. The van der Waals surface area contributed by atoms with Crippen LogP contribution >= 0.6 is 0 Å². The Labute approximate surface area is 154 Å². The Kier molecular flexibility index (Phi) is 3.64. The fourth-order valence-corrected chi connectivity index (χ4v) is 3.89. The topological polar surface area (TPSA) is 85.5 Å². The molecule has 1 amide bonds. The third kappa shape index (κ3) is 2.42. The van der Waals surface area contributed by atoms with Gasteiger partial charge in [0.15, 0.2) is 17.5 Å². The molecule has 5 heterocycles. The maximum atomic E-state index is 14.5. The number of aliphatic imine (C=N–C) groups is 1. The lowest BCUT2D eigenvalue weighted by Crippen LogP contribution is -2.56. The summed E-state index contributed by atoms with van der Waals surface area (Å²) in [5.41, 5.74) is 1.02. The SMILES string of the molecule is Cc1nccc(C(=O)N2[C@H]3COC[C@@H]2c2nnc(C4=NCC=C4)n2C3)c1F. The quantitative estimate of drug-likeness (QED) is 0.792. The summed E-state index contributed by atoms with van der Waals surface area (Å²) in [7, 11) is 0. The van der Waals surface area contributed by atoms with Gasteiger partial charge in [0.2, 0.25) is 0 Å². The first-order chi connectivity index (χ1) is 13.1. The van der Waals surface area contributed by atoms with E-state index < -0.39 is 11.9 Å². The minimum absolute atomic E-state index is 0.0238. The summed E-state index contributed by atoms with van der Waals surface area (Å²) in [4.78, 5) is 23.2. The molecule has 0 saturated carbocycles. The molecule has 0 aromatic carbocycles. The molecule has 2 aromatic rings. The monoisotopic (exact) mass is 368 g/mol. The molecule has 27 heavy (non-hydrogen) atoms. The summed E-state index contributed by atoms with van der Waals surface area (Å²) >= 11 is 0. The van der Waals surface area contributed by atoms with Gasteiger partial charge in [-0.05, 0) is 19.1 Å². The standard InChI is InChI=1S/C18H17FN6O2/c1-10-15(19)12(4-6-20-10)18(26)25-11-7-24-16(13-3-2-5-21-13)22-23-17(24)14(25)9-27-8-11/h2-4,6,11,14H,5,7-9H2,1H3/t11-,14-/m1/s1. The highest BCUT2D eigenvalue weighted by Crippen LogP contribution is 2.34. The van der Waals surface area contributed by atoms with Crippen molar-refractivity contribution in [3.8, 4) is 0 Å². The van der Waals surface area contributed by atoms with Crippen LogP contribution in [0, 0.1) is 12.7 Å². The van der Waals surface area contributed by atoms with Crippen molar-refractivity contribution in [2.75, 3.05) is 19.8 Å². The van der Waals surface area contributed by atoms with Crippen molar-refractivity contribution < 1.29 is 13.9 Å². The molecule has 1 fully saturated rings. The van der Waals surface area contributed by atoms with Gasteiger partial charge in [0.05, 0.1) is 37.1 Å². The zero-order valence-electron chi connectivity index (χ0n) is 14.7. The van der Waals surface area contributed by atoms with Crippen LogP contribution in [0.5, 0.6) is 0 Å². The van der Waals surface area contributed by atoms with Gasteiger partial charge in [-0.3, -0.25) is 14.8 Å². The Morgan fingerprint density at radius 1 is 1.33 bits per heavy atom. The van der Waals surface area contributed by atoms with E-state index in [1.807, 2.05) is 16.7 Å². The molecule has 8 nitrogen and oxygen atoms in total. The minimum Gasteiger partial charge on any atom is -0.377 e. The van der Waals surface area contributed by atoms with Crippen LogP contribution in [0.3, 0.4) is 0 Å². The van der Waals surface area contributed by atoms with Crippen molar-refractivity contribution in [2.24, 2.45) is 4.99 Å². The number of aryl methyl sites for hydroxylation is 1. The Morgan fingerprint density at radius 3 is 3.04 bits per heavy atom. The second-order valence-electron chi connectivity index (χ2n) is 6.80. The number of nitrogens with zero attached hydrogens (tertiary/aromatic N) is 6. The molecule has 3 aliphatic rings. The second kappa shape index (κ2) is 6.05. The van der Waals surface area contributed by atoms with Gasteiger partial charge in [0.25, 0.3) is 5.91 Å². The van der Waals surface area contributed by atoms with Crippen LogP contribution in [0.4, 0.5) is 4.39 Å². The molecule has 5 rings (SSSR count). The van der Waals surface area contributed by atoms with Gasteiger partial charge >= 0.3 is 0 Å². The molecule has 3 aliphatic heterocycles. The van der Waals surface area contributed by atoms with Gasteiger partial charge in [0.1, 0.15) is 11.8 Å². The highest BCUT2D eigenvalue weighted by molar-refractivity contribution is 6.07. The van der Waals surface area contributed by atoms with Gasteiger partial charge < -0.3 is 14.2 Å². The zero-order valence-corrected chi connectivity index (χ0v) is 14.7. The average Bonchev–Trinajstić information content (AvgIpc) is 3.32. The first kappa shape index (κ1) is 16.2. The maximum absolute atomic E-state index is 14.5. The Morgan fingerprint density at radius 2 is 2.22 bits per heavy atom. The van der Waals surface area contributed by atoms with Gasteiger partial charge in [-0.1, -0.05) is 6.08 Å². The van der Waals surface area contributed by atoms with Crippen molar-refractivity contribution >= 4 is 11.6 Å². The molecule has 2 bridgehead atoms. The van der Waals surface area contributed by atoms with Crippen LogP contribution < -0.4 is 0 Å². The summed E-state index contributed by atoms with van der Waals surface area (Å²) in [6, 6.07) is 0.784. The molecular formula is C18H17FN6O2. The number of pyridine rings is 1. The number of allylic oxidation sites excluding steroid dienone is 1. The number of fused-ring (bicyclic) bond motifs is 4. The predicted molar refractivity (Wildman–Crippen MR) is 93.0 cm³/mol. The van der Waals surface area contributed by atoms with E-state index in [4.69, 9.17) is 4.74 Å². The van der Waals surface area contributed by atoms with E-state index in [0.717, 1.165) is 5.71 Å². The van der Waals surface area contributed by atoms with Crippen molar-refractivity contribution in [3.63, 3.8) is 0 Å². The van der Waals surface area contributed by atoms with E-state index in [0.29, 0.717) is 38.0 Å². The molecule has 0 aliphatic carbocycles. The fourth-order valence-electron chi connectivity index (χ4n) is 3.89. The number of rotatable bonds is 2. The third-order valence-electron chi connectivity index (χ3n) is 5.19. The number of carbonyl (C=O) groups is 1. The molecular weight excluding hydrogens is 351 g/mol. The number of morpholine rings is 1. The normalized spacial score (nSPS) is 23.3. The predicted octanol–water partition coefficient (Wildman–Crippen LogP) is 1.08. The maximum Gasteiger partial charge on any atom is 0.258 e. The highest BCUT2D eigenvalue weighted by atomic mass is 19.1. The summed E-state index contributed by atoms with van der Waals surface area (Å²) in [5.74, 6) is 0.391. The van der Waals surface area contributed by atoms with Gasteiger partial charge in [-0.25, -0.2) is 4.39 Å². The van der Waals surface area contributed by atoms with Crippen LogP contribution in [0.15, 0.2) is 29.4 Å². The van der Waals surface area contributed by atoms with Crippen LogP contribution in [0.2, 0.25) is 0 Å². The first-order valence-electron chi connectivity index (χ1n) is 8.81. The van der Waals surface area contributed by atoms with Crippen molar-refractivity contribution in [1.29, 1.82) is 0 Å². The number of carbonyl (C=O) groups excluding carboxylic acids is 1. The van der Waals surface area contributed by atoms with E-state index in [1.54, 1.807) is 11.8 Å². The molecule has 0 radical (unpaired) electrons. The number of ether oxygens (including phenoxy) is 1. The lowest BCUT2D eigenvalue weighted by Gasteiger charge is -2.45. The average molecular weight is 368 g/mol. The van der Waals surface area contributed by atoms with Crippen molar-refractivity contribution in [1.82, 2.24) is 24.6 Å². The fraction of sp³-hybridized carbons (Fsp3) is 0.389. The van der Waals surface area contributed by atoms with Crippen molar-refractivity contribution in [3.05, 3.63) is 53.1 Å². The van der Waals surface area contributed by atoms with Gasteiger partial charge in [-0.2, -0.15) is 0 Å². The number of halogens is 1. The van der Waals surface area contributed by atoms with Crippen LogP contribution in [-0.4, -0.2) is 62.1 Å². The minimum atomic E-state index is -0.584. The first-order valence-corrected chi connectivity index (χ1v) is 8.81. The molecule has 0 spiro atoms. The zero-order chi connectivity index (χ0) is 18.5.